The maximum absolute atomic E-state index is 13.3. The molecule has 0 radical (unpaired) electrons. The maximum Gasteiger partial charge on any atom is 0.243 e. The van der Waals surface area contributed by atoms with Crippen LogP contribution in [0.2, 0.25) is 0 Å². The molecule has 35 heavy (non-hydrogen) atoms. The molecule has 11 heteroatoms. The molecular formula is C24H29N5O5S. The fraction of sp³-hybridized carbons (Fsp3) is 0.375. The third-order valence-electron chi connectivity index (χ3n) is 6.15. The van der Waals surface area contributed by atoms with Crippen LogP contribution in [0.15, 0.2) is 46.1 Å². The van der Waals surface area contributed by atoms with Gasteiger partial charge in [-0.15, -0.1) is 0 Å². The van der Waals surface area contributed by atoms with Gasteiger partial charge in [0, 0.05) is 18.5 Å². The number of sulfonamides is 1. The number of morpholine rings is 1. The molecule has 186 valence electrons. The van der Waals surface area contributed by atoms with Gasteiger partial charge in [0.25, 0.3) is 0 Å². The van der Waals surface area contributed by atoms with Crippen molar-refractivity contribution in [3.8, 4) is 11.8 Å². The lowest BCUT2D eigenvalue weighted by atomic mass is 10.0. The first-order valence-corrected chi connectivity index (χ1v) is 12.7. The summed E-state index contributed by atoms with van der Waals surface area (Å²) in [6.07, 6.45) is 0. The van der Waals surface area contributed by atoms with Crippen LogP contribution in [0.1, 0.15) is 39.3 Å². The largest absolute Gasteiger partial charge is 0.494 e. The summed E-state index contributed by atoms with van der Waals surface area (Å²) in [7, 11) is -3.80. The van der Waals surface area contributed by atoms with E-state index in [1.807, 2.05) is 13.8 Å². The van der Waals surface area contributed by atoms with E-state index in [2.05, 4.69) is 11.7 Å². The highest BCUT2D eigenvalue weighted by molar-refractivity contribution is 7.89. The number of rotatable bonds is 6. The van der Waals surface area contributed by atoms with Crippen LogP contribution in [0, 0.1) is 5.53 Å². The first kappa shape index (κ1) is 24.8. The Hall–Kier alpha value is -3.28. The first-order chi connectivity index (χ1) is 16.5. The predicted molar refractivity (Wildman–Crippen MR) is 133 cm³/mol. The lowest BCUT2D eigenvalue weighted by Gasteiger charge is -2.26. The average molecular weight is 500 g/mol. The maximum atomic E-state index is 13.3. The highest BCUT2D eigenvalue weighted by atomic mass is 32.2. The molecule has 3 heterocycles. The number of benzene rings is 1. The summed E-state index contributed by atoms with van der Waals surface area (Å²) in [6.45, 7) is 12.2. The second kappa shape index (κ2) is 9.06. The smallest absolute Gasteiger partial charge is 0.243 e. The van der Waals surface area contributed by atoms with Gasteiger partial charge >= 0.3 is 0 Å². The number of nitrogens with one attached hydrogen (secondary N) is 1. The van der Waals surface area contributed by atoms with Crippen LogP contribution in [-0.4, -0.2) is 58.8 Å². The van der Waals surface area contributed by atoms with Crippen molar-refractivity contribution < 1.29 is 23.4 Å². The summed E-state index contributed by atoms with van der Waals surface area (Å²) in [4.78, 5) is 4.77. The zero-order valence-electron chi connectivity index (χ0n) is 20.2. The van der Waals surface area contributed by atoms with Gasteiger partial charge in [0.2, 0.25) is 21.8 Å². The molecule has 3 aromatic rings. The van der Waals surface area contributed by atoms with E-state index in [-0.39, 0.29) is 52.4 Å². The Morgan fingerprint density at radius 1 is 1.17 bits per heavy atom. The molecule has 1 aliphatic rings. The van der Waals surface area contributed by atoms with Crippen LogP contribution in [0.25, 0.3) is 27.4 Å². The fourth-order valence-corrected chi connectivity index (χ4v) is 5.92. The monoisotopic (exact) mass is 499 g/mol. The zero-order valence-corrected chi connectivity index (χ0v) is 21.0. The Kier molecular flexibility index (Phi) is 6.43. The standard InChI is InChI=1S/C24H29N5O5S/c1-13(2)21-20-19(23(30)29(24(20)31)22(14(3)4)15(5)27-25)17-12-16(6-7-18(17)26-21)35(32,33)28-8-10-34-11-9-28/h6-7,12-13,25,30-31H,3,8-11H2,1-2,4-5H3/b22-15+,27-25?. The summed E-state index contributed by atoms with van der Waals surface area (Å²) in [5, 5.41) is 27.1. The number of hydrogen-bond acceptors (Lipinski definition) is 8. The Morgan fingerprint density at radius 3 is 2.37 bits per heavy atom. The number of nitrogens with zero attached hydrogens (tertiary/aromatic N) is 4. The van der Waals surface area contributed by atoms with Gasteiger partial charge in [0.15, 0.2) is 0 Å². The molecule has 2 aromatic heterocycles. The summed E-state index contributed by atoms with van der Waals surface area (Å²) in [5.41, 5.74) is 9.46. The second-order valence-corrected chi connectivity index (χ2v) is 10.8. The van der Waals surface area contributed by atoms with E-state index >= 15 is 0 Å². The van der Waals surface area contributed by atoms with E-state index in [4.69, 9.17) is 15.3 Å². The predicted octanol–water partition coefficient (Wildman–Crippen LogP) is 4.54. The van der Waals surface area contributed by atoms with Crippen molar-refractivity contribution in [1.82, 2.24) is 13.9 Å². The fourth-order valence-electron chi connectivity index (χ4n) is 4.48. The molecule has 0 saturated carbocycles. The topological polar surface area (TPSA) is 141 Å². The van der Waals surface area contributed by atoms with Gasteiger partial charge in [-0.25, -0.2) is 18.5 Å². The SMILES string of the molecule is C=C(C)/C(=C(/C)N=N)n1c(O)c2c(C(C)C)nc3ccc(S(=O)(=O)N4CCOCC4)cc3c2c1O. The molecule has 1 saturated heterocycles. The zero-order chi connectivity index (χ0) is 25.7. The van der Waals surface area contributed by atoms with Gasteiger partial charge in [-0.1, -0.05) is 20.4 Å². The Balaban J connectivity index is 2.10. The Bertz CT molecular complexity index is 1500. The van der Waals surface area contributed by atoms with Crippen LogP contribution in [-0.2, 0) is 14.8 Å². The third kappa shape index (κ3) is 3.99. The first-order valence-electron chi connectivity index (χ1n) is 11.2. The van der Waals surface area contributed by atoms with E-state index in [0.29, 0.717) is 40.8 Å². The molecular weight excluding hydrogens is 470 g/mol. The lowest BCUT2D eigenvalue weighted by Crippen LogP contribution is -2.40. The molecule has 1 aliphatic heterocycles. The van der Waals surface area contributed by atoms with Crippen molar-refractivity contribution in [1.29, 1.82) is 5.53 Å². The van der Waals surface area contributed by atoms with Gasteiger partial charge in [0.05, 0.1) is 51.5 Å². The van der Waals surface area contributed by atoms with Crippen LogP contribution in [0.4, 0.5) is 0 Å². The molecule has 0 unspecified atom stereocenters. The van der Waals surface area contributed by atoms with Gasteiger partial charge in [-0.05, 0) is 43.5 Å². The number of aromatic nitrogens is 2. The average Bonchev–Trinajstić information content (AvgIpc) is 3.09. The minimum Gasteiger partial charge on any atom is -0.494 e. The van der Waals surface area contributed by atoms with E-state index in [0.717, 1.165) is 0 Å². The number of fused-ring (bicyclic) bond motifs is 3. The van der Waals surface area contributed by atoms with Crippen LogP contribution in [0.3, 0.4) is 0 Å². The summed E-state index contributed by atoms with van der Waals surface area (Å²) < 4.78 is 34.5. The van der Waals surface area contributed by atoms with Crippen LogP contribution >= 0.6 is 0 Å². The molecule has 10 nitrogen and oxygen atoms in total. The third-order valence-corrected chi connectivity index (χ3v) is 8.04. The Morgan fingerprint density at radius 2 is 1.80 bits per heavy atom. The second-order valence-electron chi connectivity index (χ2n) is 8.91. The summed E-state index contributed by atoms with van der Waals surface area (Å²) in [6, 6.07) is 4.60. The number of hydrogen-bond donors (Lipinski definition) is 3. The summed E-state index contributed by atoms with van der Waals surface area (Å²) in [5.74, 6) is -0.703. The molecule has 1 aromatic carbocycles. The van der Waals surface area contributed by atoms with Crippen molar-refractivity contribution in [2.24, 2.45) is 5.11 Å². The van der Waals surface area contributed by atoms with Crippen molar-refractivity contribution >= 4 is 37.4 Å². The molecule has 1 fully saturated rings. The van der Waals surface area contributed by atoms with E-state index in [1.165, 1.54) is 21.0 Å². The molecule has 0 bridgehead atoms. The van der Waals surface area contributed by atoms with Crippen molar-refractivity contribution in [2.45, 2.75) is 38.5 Å². The molecule has 4 rings (SSSR count). The van der Waals surface area contributed by atoms with E-state index < -0.39 is 10.0 Å². The number of pyridine rings is 1. The van der Waals surface area contributed by atoms with Gasteiger partial charge in [-0.2, -0.15) is 9.42 Å². The molecule has 0 spiro atoms. The number of allylic oxidation sites excluding steroid dienone is 3. The van der Waals surface area contributed by atoms with Gasteiger partial charge in [-0.3, -0.25) is 4.98 Å². The highest BCUT2D eigenvalue weighted by Crippen LogP contribution is 2.46. The minimum atomic E-state index is -3.80. The van der Waals surface area contributed by atoms with Crippen molar-refractivity contribution in [3.05, 3.63) is 41.7 Å². The molecule has 3 N–H and O–H groups in total. The number of ether oxygens (including phenoxy) is 1. The van der Waals surface area contributed by atoms with Crippen molar-refractivity contribution in [2.75, 3.05) is 26.3 Å². The quantitative estimate of drug-likeness (QED) is 0.336. The lowest BCUT2D eigenvalue weighted by molar-refractivity contribution is 0.0730. The van der Waals surface area contributed by atoms with Gasteiger partial charge in [0.1, 0.15) is 0 Å². The van der Waals surface area contributed by atoms with Crippen molar-refractivity contribution in [3.63, 3.8) is 0 Å². The van der Waals surface area contributed by atoms with E-state index in [1.54, 1.807) is 19.9 Å². The van der Waals surface area contributed by atoms with Crippen LogP contribution < -0.4 is 0 Å². The molecule has 0 atom stereocenters. The normalized spacial score (nSPS) is 16.1. The highest BCUT2D eigenvalue weighted by Gasteiger charge is 2.30. The van der Waals surface area contributed by atoms with E-state index in [9.17, 15) is 18.6 Å². The minimum absolute atomic E-state index is 0.0620. The summed E-state index contributed by atoms with van der Waals surface area (Å²) >= 11 is 0. The molecule has 0 amide bonds. The van der Waals surface area contributed by atoms with Crippen LogP contribution in [0.5, 0.6) is 11.8 Å². The van der Waals surface area contributed by atoms with Gasteiger partial charge < -0.3 is 14.9 Å². The molecule has 0 aliphatic carbocycles. The Labute approximate surface area is 203 Å². The number of aromatic hydroxyl groups is 2.